The van der Waals surface area contributed by atoms with E-state index in [0.29, 0.717) is 47.0 Å². The van der Waals surface area contributed by atoms with Crippen molar-refractivity contribution in [3.63, 3.8) is 0 Å². The van der Waals surface area contributed by atoms with Gasteiger partial charge in [-0.25, -0.2) is 9.37 Å². The standard InChI is InChI=1S/C25H34FN5O2/c1-15-20(26)10-9-17-13-19(25(32)28-16(2)27)24(30-23(15)17)31-12-11-21(22(14-31)33-3)29-18-7-5-4-6-8-18/h9-10,13,18,21-22,29H,4-8,11-12,14H2,1-3H3,(H2,27,28,32)/t21?,22-/m0/s1. The van der Waals surface area contributed by atoms with Crippen LogP contribution in [0.25, 0.3) is 10.9 Å². The normalized spacial score (nSPS) is 22.7. The monoisotopic (exact) mass is 455 g/mol. The van der Waals surface area contributed by atoms with Crippen molar-refractivity contribution >= 4 is 28.5 Å². The molecule has 1 unspecified atom stereocenters. The summed E-state index contributed by atoms with van der Waals surface area (Å²) in [5.41, 5.74) is 7.06. The molecule has 1 amide bonds. The number of amidine groups is 1. The van der Waals surface area contributed by atoms with Crippen LogP contribution >= 0.6 is 0 Å². The molecular formula is C25H34FN5O2. The summed E-state index contributed by atoms with van der Waals surface area (Å²) in [5.74, 6) is -0.0744. The molecule has 1 aromatic heterocycles. The van der Waals surface area contributed by atoms with E-state index in [1.807, 2.05) is 0 Å². The number of pyridine rings is 1. The minimum absolute atomic E-state index is 0.0468. The topological polar surface area (TPSA) is 92.8 Å². The number of rotatable bonds is 5. The quantitative estimate of drug-likeness (QED) is 0.527. The van der Waals surface area contributed by atoms with Gasteiger partial charge in [0.2, 0.25) is 0 Å². The minimum atomic E-state index is -0.446. The van der Waals surface area contributed by atoms with Crippen molar-refractivity contribution in [1.29, 1.82) is 0 Å². The van der Waals surface area contributed by atoms with Crippen LogP contribution in [0.4, 0.5) is 10.2 Å². The van der Waals surface area contributed by atoms with Gasteiger partial charge >= 0.3 is 0 Å². The SMILES string of the molecule is CO[C@H]1CN(c2nc3c(C)c(F)ccc3cc2C(=O)N=C(C)N)CCC1NC1CCCCC1. The lowest BCUT2D eigenvalue weighted by atomic mass is 9.92. The number of benzene rings is 1. The molecule has 2 aliphatic rings. The third-order valence-corrected chi connectivity index (χ3v) is 6.88. The molecule has 7 nitrogen and oxygen atoms in total. The van der Waals surface area contributed by atoms with E-state index in [0.717, 1.165) is 6.42 Å². The van der Waals surface area contributed by atoms with E-state index in [2.05, 4.69) is 15.2 Å². The zero-order valence-corrected chi connectivity index (χ0v) is 19.7. The minimum Gasteiger partial charge on any atom is -0.387 e. The van der Waals surface area contributed by atoms with Crippen molar-refractivity contribution in [3.8, 4) is 0 Å². The summed E-state index contributed by atoms with van der Waals surface area (Å²) in [6, 6.07) is 5.57. The number of halogens is 1. The molecule has 0 radical (unpaired) electrons. The number of methoxy groups -OCH3 is 1. The number of hydrogen-bond donors (Lipinski definition) is 2. The molecule has 3 N–H and O–H groups in total. The van der Waals surface area contributed by atoms with Crippen LogP contribution in [-0.2, 0) is 4.74 Å². The van der Waals surface area contributed by atoms with E-state index < -0.39 is 5.91 Å². The summed E-state index contributed by atoms with van der Waals surface area (Å²) in [6.45, 7) is 4.58. The molecule has 33 heavy (non-hydrogen) atoms. The van der Waals surface area contributed by atoms with Gasteiger partial charge in [-0.15, -0.1) is 0 Å². The van der Waals surface area contributed by atoms with Crippen molar-refractivity contribution in [1.82, 2.24) is 10.3 Å². The summed E-state index contributed by atoms with van der Waals surface area (Å²) >= 11 is 0. The Kier molecular flexibility index (Phi) is 7.24. The van der Waals surface area contributed by atoms with Crippen LogP contribution in [0, 0.1) is 12.7 Å². The number of aromatic nitrogens is 1. The fraction of sp³-hybridized carbons (Fsp3) is 0.560. The predicted octanol–water partition coefficient (Wildman–Crippen LogP) is 3.72. The van der Waals surface area contributed by atoms with Gasteiger partial charge in [0.1, 0.15) is 17.5 Å². The average Bonchev–Trinajstić information content (AvgIpc) is 2.81. The maximum Gasteiger partial charge on any atom is 0.282 e. The van der Waals surface area contributed by atoms with Crippen LogP contribution in [0.15, 0.2) is 23.2 Å². The molecule has 2 atom stereocenters. The Hall–Kier alpha value is -2.58. The Morgan fingerprint density at radius 3 is 2.73 bits per heavy atom. The molecule has 1 aliphatic carbocycles. The zero-order valence-electron chi connectivity index (χ0n) is 19.7. The van der Waals surface area contributed by atoms with Gasteiger partial charge in [0.05, 0.1) is 17.2 Å². The number of nitrogens with one attached hydrogen (secondary N) is 1. The maximum absolute atomic E-state index is 14.3. The summed E-state index contributed by atoms with van der Waals surface area (Å²) in [6.07, 6.45) is 7.11. The highest BCUT2D eigenvalue weighted by Crippen LogP contribution is 2.30. The molecule has 1 aliphatic heterocycles. The van der Waals surface area contributed by atoms with E-state index in [1.165, 1.54) is 38.2 Å². The molecule has 2 aromatic rings. The fourth-order valence-electron chi connectivity index (χ4n) is 5.08. The molecule has 1 saturated carbocycles. The smallest absolute Gasteiger partial charge is 0.282 e. The van der Waals surface area contributed by atoms with Gasteiger partial charge in [-0.2, -0.15) is 4.99 Å². The number of fused-ring (bicyclic) bond motifs is 1. The number of hydrogen-bond acceptors (Lipinski definition) is 5. The predicted molar refractivity (Wildman–Crippen MR) is 129 cm³/mol. The van der Waals surface area contributed by atoms with Gasteiger partial charge < -0.3 is 20.7 Å². The summed E-state index contributed by atoms with van der Waals surface area (Å²) in [7, 11) is 1.73. The lowest BCUT2D eigenvalue weighted by Gasteiger charge is -2.41. The molecule has 2 fully saturated rings. The third kappa shape index (κ3) is 5.17. The third-order valence-electron chi connectivity index (χ3n) is 6.88. The Morgan fingerprint density at radius 1 is 1.27 bits per heavy atom. The number of aryl methyl sites for hydroxylation is 1. The zero-order chi connectivity index (χ0) is 23.5. The number of piperidine rings is 1. The largest absolute Gasteiger partial charge is 0.387 e. The number of carbonyl (C=O) groups is 1. The van der Waals surface area contributed by atoms with E-state index in [-0.39, 0.29) is 23.8 Å². The molecule has 0 spiro atoms. The number of nitrogens with two attached hydrogens (primary N) is 1. The molecule has 0 bridgehead atoms. The number of ether oxygens (including phenoxy) is 1. The molecule has 2 heterocycles. The van der Waals surface area contributed by atoms with Crippen LogP contribution in [0.5, 0.6) is 0 Å². The van der Waals surface area contributed by atoms with Crippen LogP contribution < -0.4 is 16.0 Å². The number of amides is 1. The summed E-state index contributed by atoms with van der Waals surface area (Å²) in [4.78, 5) is 23.7. The van der Waals surface area contributed by atoms with E-state index in [4.69, 9.17) is 15.5 Å². The van der Waals surface area contributed by atoms with Crippen molar-refractivity contribution in [2.75, 3.05) is 25.1 Å². The molecule has 4 rings (SSSR count). The van der Waals surface area contributed by atoms with Crippen LogP contribution in [-0.4, -0.2) is 55.1 Å². The Labute approximate surface area is 194 Å². The van der Waals surface area contributed by atoms with E-state index in [1.54, 1.807) is 33.1 Å². The van der Waals surface area contributed by atoms with Crippen molar-refractivity contribution in [3.05, 3.63) is 35.1 Å². The summed E-state index contributed by atoms with van der Waals surface area (Å²) < 4.78 is 20.1. The fourth-order valence-corrected chi connectivity index (χ4v) is 5.08. The number of nitrogens with zero attached hydrogens (tertiary/aromatic N) is 3. The van der Waals surface area contributed by atoms with E-state index >= 15 is 0 Å². The summed E-state index contributed by atoms with van der Waals surface area (Å²) in [5, 5.41) is 4.51. The van der Waals surface area contributed by atoms with Gasteiger partial charge in [0.15, 0.2) is 0 Å². The number of carbonyl (C=O) groups excluding carboxylic acids is 1. The highest BCUT2D eigenvalue weighted by Gasteiger charge is 2.33. The highest BCUT2D eigenvalue weighted by atomic mass is 19.1. The van der Waals surface area contributed by atoms with Gasteiger partial charge in [0, 0.05) is 43.2 Å². The second-order valence-electron chi connectivity index (χ2n) is 9.28. The van der Waals surface area contributed by atoms with Crippen molar-refractivity contribution in [2.24, 2.45) is 10.7 Å². The Bertz CT molecular complexity index is 1050. The maximum atomic E-state index is 14.3. The van der Waals surface area contributed by atoms with Gasteiger partial charge in [0.25, 0.3) is 5.91 Å². The number of anilines is 1. The van der Waals surface area contributed by atoms with Gasteiger partial charge in [-0.1, -0.05) is 19.3 Å². The first-order chi connectivity index (χ1) is 15.9. The lowest BCUT2D eigenvalue weighted by molar-refractivity contribution is 0.0533. The second-order valence-corrected chi connectivity index (χ2v) is 9.28. The van der Waals surface area contributed by atoms with Crippen molar-refractivity contribution < 1.29 is 13.9 Å². The van der Waals surface area contributed by atoms with Gasteiger partial charge in [-0.05, 0) is 51.3 Å². The Balaban J connectivity index is 1.66. The van der Waals surface area contributed by atoms with E-state index in [9.17, 15) is 9.18 Å². The van der Waals surface area contributed by atoms with Crippen LogP contribution in [0.2, 0.25) is 0 Å². The molecule has 178 valence electrons. The molecule has 1 aromatic carbocycles. The molecule has 8 heteroatoms. The molecule has 1 saturated heterocycles. The van der Waals surface area contributed by atoms with Crippen molar-refractivity contribution in [2.45, 2.75) is 70.6 Å². The van der Waals surface area contributed by atoms with Crippen LogP contribution in [0.3, 0.4) is 0 Å². The van der Waals surface area contributed by atoms with Crippen LogP contribution in [0.1, 0.15) is 61.4 Å². The first-order valence-corrected chi connectivity index (χ1v) is 11.9. The first-order valence-electron chi connectivity index (χ1n) is 11.9. The second kappa shape index (κ2) is 10.1. The lowest BCUT2D eigenvalue weighted by Crippen LogP contribution is -2.56. The Morgan fingerprint density at radius 2 is 2.03 bits per heavy atom. The number of aliphatic imine (C=N–C) groups is 1. The first kappa shape index (κ1) is 23.6. The molecular weight excluding hydrogens is 421 g/mol. The average molecular weight is 456 g/mol. The van der Waals surface area contributed by atoms with Gasteiger partial charge in [-0.3, -0.25) is 4.79 Å². The highest BCUT2D eigenvalue weighted by molar-refractivity contribution is 6.07.